The zero-order valence-corrected chi connectivity index (χ0v) is 11.4. The summed E-state index contributed by atoms with van der Waals surface area (Å²) in [6.45, 7) is 3.67. The first kappa shape index (κ1) is 13.3. The molecule has 2 N–H and O–H groups in total. The summed E-state index contributed by atoms with van der Waals surface area (Å²) < 4.78 is 0. The van der Waals surface area contributed by atoms with Gasteiger partial charge in [-0.05, 0) is 38.2 Å². The summed E-state index contributed by atoms with van der Waals surface area (Å²) >= 11 is 4.73. The molecule has 1 aromatic rings. The summed E-state index contributed by atoms with van der Waals surface area (Å²) in [5.74, 6) is -0.374. The second kappa shape index (κ2) is 5.23. The van der Waals surface area contributed by atoms with Gasteiger partial charge in [0.25, 0.3) is 5.91 Å². The highest BCUT2D eigenvalue weighted by atomic mass is 32.1. The number of benzene rings is 1. The third kappa shape index (κ3) is 2.82. The average molecular weight is 275 g/mol. The number of hydrogen-bond donors (Lipinski definition) is 1. The van der Waals surface area contributed by atoms with E-state index in [1.165, 1.54) is 0 Å². The zero-order chi connectivity index (χ0) is 14.0. The second-order valence-electron chi connectivity index (χ2n) is 4.18. The van der Waals surface area contributed by atoms with Crippen LogP contribution in [0, 0.1) is 6.92 Å². The number of nitrogens with zero attached hydrogens (tertiary/aromatic N) is 4. The van der Waals surface area contributed by atoms with Crippen LogP contribution in [-0.4, -0.2) is 27.8 Å². The van der Waals surface area contributed by atoms with Crippen LogP contribution in [0.25, 0.3) is 0 Å². The summed E-state index contributed by atoms with van der Waals surface area (Å²) in [7, 11) is 0. The Bertz CT molecular complexity index is 578. The van der Waals surface area contributed by atoms with Crippen LogP contribution < -0.4 is 5.73 Å². The number of carbonyl (C=O) groups excluding carboxylic acids is 1. The van der Waals surface area contributed by atoms with Gasteiger partial charge in [0.15, 0.2) is 11.2 Å². The highest BCUT2D eigenvalue weighted by molar-refractivity contribution is 7.80. The first-order valence-corrected chi connectivity index (χ1v) is 6.06. The summed E-state index contributed by atoms with van der Waals surface area (Å²) in [4.78, 5) is 11.9. The second-order valence-corrected chi connectivity index (χ2v) is 4.60. The Labute approximate surface area is 116 Å². The molecule has 1 aliphatic heterocycles. The van der Waals surface area contributed by atoms with Crippen molar-refractivity contribution in [1.82, 2.24) is 5.01 Å². The molecule has 1 aromatic carbocycles. The number of hydrogen-bond acceptors (Lipinski definition) is 5. The maximum absolute atomic E-state index is 11.9. The highest BCUT2D eigenvalue weighted by Gasteiger charge is 2.35. The standard InChI is InChI=1S/C12H13N5OS/c1-7-3-5-9(6-4-7)14-15-10-8(2)16-17(11(10)18)12(13)19/h3-6,10H,1-2H3,(H2,13,19)/t10-/m0/s1. The van der Waals surface area contributed by atoms with E-state index in [-0.39, 0.29) is 11.0 Å². The molecule has 0 aliphatic carbocycles. The lowest BCUT2D eigenvalue weighted by molar-refractivity contribution is -0.126. The van der Waals surface area contributed by atoms with Crippen molar-refractivity contribution in [3.05, 3.63) is 29.8 Å². The van der Waals surface area contributed by atoms with Crippen LogP contribution >= 0.6 is 12.2 Å². The molecular formula is C12H13N5OS. The number of rotatable bonds is 2. The number of hydrazone groups is 1. The van der Waals surface area contributed by atoms with Crippen LogP contribution in [0.2, 0.25) is 0 Å². The lowest BCUT2D eigenvalue weighted by atomic mass is 10.2. The minimum Gasteiger partial charge on any atom is -0.374 e. The zero-order valence-electron chi connectivity index (χ0n) is 10.6. The van der Waals surface area contributed by atoms with Gasteiger partial charge in [0.1, 0.15) is 0 Å². The van der Waals surface area contributed by atoms with Gasteiger partial charge in [0.2, 0.25) is 0 Å². The number of carbonyl (C=O) groups is 1. The summed E-state index contributed by atoms with van der Waals surface area (Å²) in [5, 5.41) is 12.9. The molecule has 0 saturated carbocycles. The number of thiocarbonyl (C=S) groups is 1. The molecule has 0 saturated heterocycles. The molecule has 0 spiro atoms. The van der Waals surface area contributed by atoms with Crippen LogP contribution in [0.4, 0.5) is 5.69 Å². The first-order valence-electron chi connectivity index (χ1n) is 5.65. The summed E-state index contributed by atoms with van der Waals surface area (Å²) in [6.07, 6.45) is 0. The molecule has 1 atom stereocenters. The first-order chi connectivity index (χ1) is 8.99. The Morgan fingerprint density at radius 2 is 2.00 bits per heavy atom. The molecule has 0 fully saturated rings. The molecule has 0 radical (unpaired) electrons. The fraction of sp³-hybridized carbons (Fsp3) is 0.250. The van der Waals surface area contributed by atoms with E-state index in [1.807, 2.05) is 31.2 Å². The van der Waals surface area contributed by atoms with Crippen LogP contribution in [-0.2, 0) is 4.79 Å². The number of amides is 1. The number of nitrogens with two attached hydrogens (primary N) is 1. The molecule has 7 heteroatoms. The molecule has 0 unspecified atom stereocenters. The minimum absolute atomic E-state index is 0.0858. The topological polar surface area (TPSA) is 83.4 Å². The van der Waals surface area contributed by atoms with Gasteiger partial charge < -0.3 is 5.73 Å². The van der Waals surface area contributed by atoms with Crippen molar-refractivity contribution >= 4 is 34.6 Å². The third-order valence-electron chi connectivity index (χ3n) is 2.63. The Kier molecular flexibility index (Phi) is 3.66. The van der Waals surface area contributed by atoms with Crippen molar-refractivity contribution < 1.29 is 4.79 Å². The summed E-state index contributed by atoms with van der Waals surface area (Å²) in [5.41, 5.74) is 7.73. The lowest BCUT2D eigenvalue weighted by Crippen LogP contribution is -2.37. The van der Waals surface area contributed by atoms with E-state index >= 15 is 0 Å². The molecule has 2 rings (SSSR count). The smallest absolute Gasteiger partial charge is 0.282 e. The van der Waals surface area contributed by atoms with Gasteiger partial charge in [0, 0.05) is 0 Å². The fourth-order valence-electron chi connectivity index (χ4n) is 1.58. The molecule has 0 bridgehead atoms. The average Bonchev–Trinajstić information content (AvgIpc) is 2.65. The van der Waals surface area contributed by atoms with E-state index in [4.69, 9.17) is 18.0 Å². The quantitative estimate of drug-likeness (QED) is 0.661. The van der Waals surface area contributed by atoms with Gasteiger partial charge in [-0.2, -0.15) is 20.3 Å². The molecule has 0 aromatic heterocycles. The molecule has 1 aliphatic rings. The molecule has 19 heavy (non-hydrogen) atoms. The fourth-order valence-corrected chi connectivity index (χ4v) is 1.71. The van der Waals surface area contributed by atoms with Crippen molar-refractivity contribution in [3.63, 3.8) is 0 Å². The predicted molar refractivity (Wildman–Crippen MR) is 76.2 cm³/mol. The monoisotopic (exact) mass is 275 g/mol. The van der Waals surface area contributed by atoms with Gasteiger partial charge in [-0.1, -0.05) is 17.7 Å². The molecule has 1 amide bonds. The largest absolute Gasteiger partial charge is 0.374 e. The summed E-state index contributed by atoms with van der Waals surface area (Å²) in [6, 6.07) is 6.76. The minimum atomic E-state index is -0.747. The molecular weight excluding hydrogens is 262 g/mol. The SMILES string of the molecule is CC1=NN(C(N)=S)C(=O)[C@H]1N=Nc1ccc(C)cc1. The Morgan fingerprint density at radius 3 is 2.53 bits per heavy atom. The third-order valence-corrected chi connectivity index (χ3v) is 2.80. The van der Waals surface area contributed by atoms with Crippen molar-refractivity contribution in [2.24, 2.45) is 21.1 Å². The van der Waals surface area contributed by atoms with Crippen molar-refractivity contribution in [2.75, 3.05) is 0 Å². The normalized spacial score (nSPS) is 19.1. The van der Waals surface area contributed by atoms with Gasteiger partial charge in [-0.25, -0.2) is 0 Å². The molecule has 98 valence electrons. The van der Waals surface area contributed by atoms with E-state index in [0.29, 0.717) is 11.4 Å². The van der Waals surface area contributed by atoms with Crippen LogP contribution in [0.3, 0.4) is 0 Å². The van der Waals surface area contributed by atoms with Gasteiger partial charge in [-0.15, -0.1) is 0 Å². The maximum Gasteiger partial charge on any atom is 0.282 e. The Balaban J connectivity index is 2.16. The van der Waals surface area contributed by atoms with Gasteiger partial charge in [0.05, 0.1) is 11.4 Å². The van der Waals surface area contributed by atoms with E-state index in [2.05, 4.69) is 15.3 Å². The predicted octanol–water partition coefficient (Wildman–Crippen LogP) is 1.91. The van der Waals surface area contributed by atoms with E-state index in [9.17, 15) is 4.79 Å². The Hall–Kier alpha value is -2.15. The Morgan fingerprint density at radius 1 is 1.37 bits per heavy atom. The number of azo groups is 1. The van der Waals surface area contributed by atoms with Gasteiger partial charge in [-0.3, -0.25) is 4.79 Å². The maximum atomic E-state index is 11.9. The number of aryl methyl sites for hydroxylation is 1. The van der Waals surface area contributed by atoms with Crippen molar-refractivity contribution in [2.45, 2.75) is 19.9 Å². The van der Waals surface area contributed by atoms with Gasteiger partial charge >= 0.3 is 0 Å². The lowest BCUT2D eigenvalue weighted by Gasteiger charge is -2.08. The van der Waals surface area contributed by atoms with Crippen molar-refractivity contribution in [3.8, 4) is 0 Å². The highest BCUT2D eigenvalue weighted by Crippen LogP contribution is 2.17. The van der Waals surface area contributed by atoms with E-state index in [1.54, 1.807) is 6.92 Å². The van der Waals surface area contributed by atoms with Crippen molar-refractivity contribution in [1.29, 1.82) is 0 Å². The molecule has 1 heterocycles. The van der Waals surface area contributed by atoms with Crippen LogP contribution in [0.5, 0.6) is 0 Å². The van der Waals surface area contributed by atoms with E-state index in [0.717, 1.165) is 10.6 Å². The van der Waals surface area contributed by atoms with E-state index < -0.39 is 6.04 Å². The molecule has 6 nitrogen and oxygen atoms in total. The van der Waals surface area contributed by atoms with Crippen LogP contribution in [0.15, 0.2) is 39.6 Å². The van der Waals surface area contributed by atoms with Crippen LogP contribution in [0.1, 0.15) is 12.5 Å².